The summed E-state index contributed by atoms with van der Waals surface area (Å²) in [6.07, 6.45) is 0.997. The number of benzene rings is 2. The van der Waals surface area contributed by atoms with Crippen LogP contribution in [0.25, 0.3) is 11.4 Å². The largest absolute Gasteiger partial charge is 0.454 e. The summed E-state index contributed by atoms with van der Waals surface area (Å²) in [4.78, 5) is 16.9. The number of carbonyl (C=O) groups is 1. The predicted octanol–water partition coefficient (Wildman–Crippen LogP) is 3.56. The molecule has 1 atom stereocenters. The topological polar surface area (TPSA) is 89.1 Å². The van der Waals surface area contributed by atoms with Crippen molar-refractivity contribution in [3.8, 4) is 22.9 Å². The number of hydrogen-bond acceptors (Lipinski definition) is 6. The Morgan fingerprint density at radius 1 is 1.17 bits per heavy atom. The Morgan fingerprint density at radius 3 is 2.72 bits per heavy atom. The van der Waals surface area contributed by atoms with Crippen molar-refractivity contribution in [2.24, 2.45) is 0 Å². The van der Waals surface area contributed by atoms with Gasteiger partial charge in [0.2, 0.25) is 17.9 Å². The summed E-state index contributed by atoms with van der Waals surface area (Å²) in [5.41, 5.74) is 3.20. The van der Waals surface area contributed by atoms with Gasteiger partial charge in [-0.05, 0) is 36.6 Å². The van der Waals surface area contributed by atoms with E-state index < -0.39 is 0 Å². The van der Waals surface area contributed by atoms with Gasteiger partial charge in [-0.3, -0.25) is 9.89 Å². The maximum atomic E-state index is 12.4. The summed E-state index contributed by atoms with van der Waals surface area (Å²) >= 11 is 1.32. The van der Waals surface area contributed by atoms with E-state index in [0.29, 0.717) is 23.3 Å². The van der Waals surface area contributed by atoms with Gasteiger partial charge in [0.1, 0.15) is 0 Å². The van der Waals surface area contributed by atoms with Crippen molar-refractivity contribution >= 4 is 17.7 Å². The summed E-state index contributed by atoms with van der Waals surface area (Å²) in [5.74, 6) is 2.06. The fourth-order valence-electron chi connectivity index (χ4n) is 2.92. The summed E-state index contributed by atoms with van der Waals surface area (Å²) < 4.78 is 10.7. The fraction of sp³-hybridized carbons (Fsp3) is 0.286. The predicted molar refractivity (Wildman–Crippen MR) is 111 cm³/mol. The van der Waals surface area contributed by atoms with Crippen LogP contribution < -0.4 is 14.8 Å². The van der Waals surface area contributed by atoms with Gasteiger partial charge in [0.05, 0.1) is 5.25 Å². The monoisotopic (exact) mass is 410 g/mol. The minimum absolute atomic E-state index is 0.0775. The van der Waals surface area contributed by atoms with Crippen LogP contribution in [0.4, 0.5) is 0 Å². The molecular formula is C21H22N4O3S. The number of thioether (sulfide) groups is 1. The van der Waals surface area contributed by atoms with E-state index >= 15 is 0 Å². The Morgan fingerprint density at radius 2 is 1.93 bits per heavy atom. The van der Waals surface area contributed by atoms with E-state index in [2.05, 4.69) is 39.6 Å². The quantitative estimate of drug-likeness (QED) is 0.579. The number of ether oxygens (including phenoxy) is 2. The first-order chi connectivity index (χ1) is 14.1. The lowest BCUT2D eigenvalue weighted by Gasteiger charge is -2.10. The van der Waals surface area contributed by atoms with E-state index in [1.54, 1.807) is 0 Å². The standard InChI is InChI=1S/C21H22N4O3S/c1-3-14-4-7-16(8-5-14)19-23-21(25-24-19)29-13(2)20(26)22-11-15-6-9-17-18(10-15)28-12-27-17/h4-10,13H,3,11-12H2,1-2H3,(H,22,26)(H,23,24,25)/t13-/m0/s1. The molecule has 0 radical (unpaired) electrons. The Hall–Kier alpha value is -3.00. The maximum Gasteiger partial charge on any atom is 0.233 e. The number of aromatic amines is 1. The highest BCUT2D eigenvalue weighted by Crippen LogP contribution is 2.32. The second-order valence-electron chi connectivity index (χ2n) is 6.68. The molecule has 1 aliphatic heterocycles. The average Bonchev–Trinajstić information content (AvgIpc) is 3.41. The number of carbonyl (C=O) groups excluding carboxylic acids is 1. The molecule has 1 amide bonds. The van der Waals surface area contributed by atoms with Gasteiger partial charge in [-0.2, -0.15) is 0 Å². The van der Waals surface area contributed by atoms with Gasteiger partial charge < -0.3 is 14.8 Å². The number of nitrogens with one attached hydrogen (secondary N) is 2. The van der Waals surface area contributed by atoms with Gasteiger partial charge in [-0.1, -0.05) is 49.0 Å². The summed E-state index contributed by atoms with van der Waals surface area (Å²) in [6.45, 7) is 4.62. The van der Waals surface area contributed by atoms with Crippen molar-refractivity contribution in [2.75, 3.05) is 6.79 Å². The molecule has 0 saturated heterocycles. The maximum absolute atomic E-state index is 12.4. The van der Waals surface area contributed by atoms with E-state index in [1.807, 2.05) is 37.3 Å². The van der Waals surface area contributed by atoms with Gasteiger partial charge in [-0.15, -0.1) is 5.10 Å². The molecule has 1 aromatic heterocycles. The van der Waals surface area contributed by atoms with Crippen molar-refractivity contribution < 1.29 is 14.3 Å². The van der Waals surface area contributed by atoms with Crippen LogP contribution in [0.3, 0.4) is 0 Å². The fourth-order valence-corrected chi connectivity index (χ4v) is 3.67. The number of aryl methyl sites for hydroxylation is 1. The van der Waals surface area contributed by atoms with E-state index in [-0.39, 0.29) is 18.0 Å². The van der Waals surface area contributed by atoms with Crippen LogP contribution in [0, 0.1) is 0 Å². The molecule has 2 heterocycles. The first kappa shape index (κ1) is 19.3. The third kappa shape index (κ3) is 4.54. The Labute approximate surface area is 173 Å². The lowest BCUT2D eigenvalue weighted by molar-refractivity contribution is -0.120. The molecule has 0 unspecified atom stereocenters. The van der Waals surface area contributed by atoms with Crippen LogP contribution in [-0.4, -0.2) is 33.1 Å². The van der Waals surface area contributed by atoms with Gasteiger partial charge in [0.15, 0.2) is 17.3 Å². The number of hydrogen-bond donors (Lipinski definition) is 2. The normalized spacial score (nSPS) is 13.3. The smallest absolute Gasteiger partial charge is 0.233 e. The number of nitrogens with zero attached hydrogens (tertiary/aromatic N) is 2. The summed E-state index contributed by atoms with van der Waals surface area (Å²) in [6, 6.07) is 13.9. The molecule has 0 fully saturated rings. The Bertz CT molecular complexity index is 1000. The molecule has 0 bridgehead atoms. The minimum atomic E-state index is -0.324. The summed E-state index contributed by atoms with van der Waals surface area (Å²) in [5, 5.41) is 10.3. The van der Waals surface area contributed by atoms with Gasteiger partial charge in [0.25, 0.3) is 0 Å². The first-order valence-electron chi connectivity index (χ1n) is 9.47. The molecule has 29 heavy (non-hydrogen) atoms. The van der Waals surface area contributed by atoms with Crippen LogP contribution in [0.15, 0.2) is 47.6 Å². The van der Waals surface area contributed by atoms with Crippen molar-refractivity contribution in [3.05, 3.63) is 53.6 Å². The number of rotatable bonds is 7. The molecule has 150 valence electrons. The second-order valence-corrected chi connectivity index (χ2v) is 7.99. The van der Waals surface area contributed by atoms with Crippen molar-refractivity contribution in [3.63, 3.8) is 0 Å². The molecule has 7 nitrogen and oxygen atoms in total. The highest BCUT2D eigenvalue weighted by atomic mass is 32.2. The number of aromatic nitrogens is 3. The zero-order chi connectivity index (χ0) is 20.2. The van der Waals surface area contributed by atoms with Crippen LogP contribution >= 0.6 is 11.8 Å². The molecule has 4 rings (SSSR count). The van der Waals surface area contributed by atoms with Crippen LogP contribution in [-0.2, 0) is 17.8 Å². The Balaban J connectivity index is 1.32. The average molecular weight is 410 g/mol. The van der Waals surface area contributed by atoms with Gasteiger partial charge in [-0.25, -0.2) is 4.98 Å². The van der Waals surface area contributed by atoms with E-state index in [4.69, 9.17) is 9.47 Å². The number of H-pyrrole nitrogens is 1. The van der Waals surface area contributed by atoms with E-state index in [0.717, 1.165) is 23.3 Å². The molecule has 3 aromatic rings. The van der Waals surface area contributed by atoms with Crippen molar-refractivity contribution in [1.29, 1.82) is 0 Å². The molecule has 0 aliphatic carbocycles. The van der Waals surface area contributed by atoms with Gasteiger partial charge >= 0.3 is 0 Å². The molecule has 2 aromatic carbocycles. The zero-order valence-corrected chi connectivity index (χ0v) is 17.1. The zero-order valence-electron chi connectivity index (χ0n) is 16.3. The molecule has 1 aliphatic rings. The van der Waals surface area contributed by atoms with Crippen molar-refractivity contribution in [2.45, 2.75) is 37.2 Å². The third-order valence-corrected chi connectivity index (χ3v) is 5.62. The molecule has 8 heteroatoms. The van der Waals surface area contributed by atoms with E-state index in [9.17, 15) is 4.79 Å². The lowest BCUT2D eigenvalue weighted by atomic mass is 10.1. The number of amides is 1. The Kier molecular flexibility index (Phi) is 5.71. The molecular weight excluding hydrogens is 388 g/mol. The lowest BCUT2D eigenvalue weighted by Crippen LogP contribution is -2.30. The summed E-state index contributed by atoms with van der Waals surface area (Å²) in [7, 11) is 0. The van der Waals surface area contributed by atoms with Crippen LogP contribution in [0.5, 0.6) is 11.5 Å². The van der Waals surface area contributed by atoms with Crippen molar-refractivity contribution in [1.82, 2.24) is 20.5 Å². The highest BCUT2D eigenvalue weighted by Gasteiger charge is 2.18. The van der Waals surface area contributed by atoms with Crippen LogP contribution in [0.1, 0.15) is 25.0 Å². The van der Waals surface area contributed by atoms with Gasteiger partial charge in [0, 0.05) is 12.1 Å². The molecule has 0 saturated carbocycles. The highest BCUT2D eigenvalue weighted by molar-refractivity contribution is 8.00. The molecule has 2 N–H and O–H groups in total. The SMILES string of the molecule is CCc1ccc(-c2nc(S[C@@H](C)C(=O)NCc3ccc4c(c3)OCO4)n[nH]2)cc1. The van der Waals surface area contributed by atoms with E-state index in [1.165, 1.54) is 17.3 Å². The molecule has 0 spiro atoms. The number of fused-ring (bicyclic) bond motifs is 1. The van der Waals surface area contributed by atoms with Crippen LogP contribution in [0.2, 0.25) is 0 Å². The third-order valence-electron chi connectivity index (χ3n) is 4.66. The first-order valence-corrected chi connectivity index (χ1v) is 10.3. The minimum Gasteiger partial charge on any atom is -0.454 e. The second kappa shape index (κ2) is 8.57.